The van der Waals surface area contributed by atoms with Crippen molar-refractivity contribution in [2.45, 2.75) is 32.6 Å². The second kappa shape index (κ2) is 10.1. The minimum atomic E-state index is -0.0166. The van der Waals surface area contributed by atoms with Crippen molar-refractivity contribution < 1.29 is 19.1 Å². The summed E-state index contributed by atoms with van der Waals surface area (Å²) < 4.78 is 10.9. The van der Waals surface area contributed by atoms with Crippen LogP contribution in [-0.2, 0) is 4.79 Å². The highest BCUT2D eigenvalue weighted by molar-refractivity contribution is 5.98. The number of hydrogen-bond acceptors (Lipinski definition) is 4. The zero-order valence-corrected chi connectivity index (χ0v) is 17.2. The Morgan fingerprint density at radius 1 is 1.03 bits per heavy atom. The number of ether oxygens (including phenoxy) is 2. The zero-order valence-electron chi connectivity index (χ0n) is 17.2. The number of amides is 1. The molecule has 0 spiro atoms. The molecule has 1 saturated heterocycles. The predicted octanol–water partition coefficient (Wildman–Crippen LogP) is 4.28. The van der Waals surface area contributed by atoms with E-state index in [0.717, 1.165) is 29.9 Å². The van der Waals surface area contributed by atoms with Gasteiger partial charge in [-0.15, -0.1) is 0 Å². The Balaban J connectivity index is 1.39. The molecule has 2 aromatic rings. The van der Waals surface area contributed by atoms with E-state index in [1.807, 2.05) is 60.4 Å². The first-order chi connectivity index (χ1) is 14.1. The van der Waals surface area contributed by atoms with Crippen molar-refractivity contribution in [1.29, 1.82) is 0 Å². The number of aryl methyl sites for hydroxylation is 1. The summed E-state index contributed by atoms with van der Waals surface area (Å²) >= 11 is 0. The Kier molecular flexibility index (Phi) is 7.28. The van der Waals surface area contributed by atoms with Gasteiger partial charge in [0.05, 0.1) is 13.7 Å². The second-order valence-electron chi connectivity index (χ2n) is 7.52. The van der Waals surface area contributed by atoms with Crippen LogP contribution in [0.4, 0.5) is 0 Å². The molecule has 0 bridgehead atoms. The molecule has 0 atom stereocenters. The highest BCUT2D eigenvalue weighted by Crippen LogP contribution is 2.23. The summed E-state index contributed by atoms with van der Waals surface area (Å²) in [6.07, 6.45) is 2.60. The molecule has 0 aliphatic carbocycles. The molecule has 5 nitrogen and oxygen atoms in total. The SMILES string of the molecule is COc1ccc(C(=O)C2CCN(C(=O)CCCOc3cccc(C)c3)CC2)cc1. The first kappa shape index (κ1) is 20.9. The van der Waals surface area contributed by atoms with E-state index in [9.17, 15) is 9.59 Å². The van der Waals surface area contributed by atoms with Crippen molar-refractivity contribution >= 4 is 11.7 Å². The van der Waals surface area contributed by atoms with Gasteiger partial charge in [0.15, 0.2) is 5.78 Å². The van der Waals surface area contributed by atoms with Gasteiger partial charge in [0, 0.05) is 31.0 Å². The van der Waals surface area contributed by atoms with Crippen molar-refractivity contribution in [3.63, 3.8) is 0 Å². The van der Waals surface area contributed by atoms with E-state index in [1.54, 1.807) is 7.11 Å². The molecule has 1 heterocycles. The lowest BCUT2D eigenvalue weighted by Crippen LogP contribution is -2.40. The Morgan fingerprint density at radius 3 is 2.41 bits per heavy atom. The van der Waals surface area contributed by atoms with Crippen molar-refractivity contribution in [2.75, 3.05) is 26.8 Å². The molecule has 154 valence electrons. The molecule has 1 fully saturated rings. The summed E-state index contributed by atoms with van der Waals surface area (Å²) in [6, 6.07) is 15.2. The normalized spacial score (nSPS) is 14.5. The summed E-state index contributed by atoms with van der Waals surface area (Å²) in [5.41, 5.74) is 1.87. The smallest absolute Gasteiger partial charge is 0.222 e. The summed E-state index contributed by atoms with van der Waals surface area (Å²) in [5, 5.41) is 0. The van der Waals surface area contributed by atoms with Crippen molar-refractivity contribution in [1.82, 2.24) is 4.90 Å². The average Bonchev–Trinajstić information content (AvgIpc) is 2.76. The van der Waals surface area contributed by atoms with Crippen molar-refractivity contribution in [2.24, 2.45) is 5.92 Å². The van der Waals surface area contributed by atoms with Crippen LogP contribution in [0.25, 0.3) is 0 Å². The van der Waals surface area contributed by atoms with E-state index in [0.29, 0.717) is 38.1 Å². The van der Waals surface area contributed by atoms with Crippen LogP contribution in [0.3, 0.4) is 0 Å². The van der Waals surface area contributed by atoms with Crippen molar-refractivity contribution in [3.8, 4) is 11.5 Å². The van der Waals surface area contributed by atoms with E-state index in [1.165, 1.54) is 0 Å². The van der Waals surface area contributed by atoms with Gasteiger partial charge in [0.2, 0.25) is 5.91 Å². The maximum atomic E-state index is 12.7. The van der Waals surface area contributed by atoms with Gasteiger partial charge in [0.25, 0.3) is 0 Å². The van der Waals surface area contributed by atoms with Gasteiger partial charge >= 0.3 is 0 Å². The second-order valence-corrected chi connectivity index (χ2v) is 7.52. The minimum absolute atomic E-state index is 0.0166. The van der Waals surface area contributed by atoms with Crippen LogP contribution in [0.1, 0.15) is 41.6 Å². The van der Waals surface area contributed by atoms with Crippen LogP contribution < -0.4 is 9.47 Å². The van der Waals surface area contributed by atoms with Crippen LogP contribution in [-0.4, -0.2) is 43.4 Å². The van der Waals surface area contributed by atoms with Crippen LogP contribution >= 0.6 is 0 Å². The van der Waals surface area contributed by atoms with E-state index < -0.39 is 0 Å². The lowest BCUT2D eigenvalue weighted by atomic mass is 9.88. The number of benzene rings is 2. The third-order valence-corrected chi connectivity index (χ3v) is 5.39. The zero-order chi connectivity index (χ0) is 20.6. The molecule has 0 unspecified atom stereocenters. The number of carbonyl (C=O) groups excluding carboxylic acids is 2. The molecule has 3 rings (SSSR count). The molecule has 5 heteroatoms. The molecule has 0 radical (unpaired) electrons. The van der Waals surface area contributed by atoms with Gasteiger partial charge in [-0.3, -0.25) is 9.59 Å². The minimum Gasteiger partial charge on any atom is -0.497 e. The molecule has 0 aromatic heterocycles. The fraction of sp³-hybridized carbons (Fsp3) is 0.417. The van der Waals surface area contributed by atoms with Gasteiger partial charge in [-0.1, -0.05) is 12.1 Å². The molecule has 2 aromatic carbocycles. The number of likely N-dealkylation sites (tertiary alicyclic amines) is 1. The standard InChI is InChI=1S/C24H29NO4/c1-18-5-3-6-22(17-18)29-16-4-7-23(26)25-14-12-20(13-15-25)24(27)19-8-10-21(28-2)11-9-19/h3,5-6,8-11,17,20H,4,7,12-16H2,1-2H3. The quantitative estimate of drug-likeness (QED) is 0.494. The molecular formula is C24H29NO4. The van der Waals surface area contributed by atoms with Crippen LogP contribution in [0.15, 0.2) is 48.5 Å². The van der Waals surface area contributed by atoms with E-state index in [4.69, 9.17) is 9.47 Å². The molecule has 29 heavy (non-hydrogen) atoms. The predicted molar refractivity (Wildman–Crippen MR) is 113 cm³/mol. The molecule has 1 aliphatic heterocycles. The van der Waals surface area contributed by atoms with Gasteiger partial charge in [-0.25, -0.2) is 0 Å². The molecular weight excluding hydrogens is 366 g/mol. The van der Waals surface area contributed by atoms with Crippen LogP contribution in [0.2, 0.25) is 0 Å². The summed E-state index contributed by atoms with van der Waals surface area (Å²) in [4.78, 5) is 27.0. The third-order valence-electron chi connectivity index (χ3n) is 5.39. The highest BCUT2D eigenvalue weighted by atomic mass is 16.5. The van der Waals surface area contributed by atoms with Crippen LogP contribution in [0.5, 0.6) is 11.5 Å². The average molecular weight is 395 g/mol. The first-order valence-corrected chi connectivity index (χ1v) is 10.2. The fourth-order valence-electron chi connectivity index (χ4n) is 3.66. The Labute approximate surface area is 172 Å². The molecule has 0 saturated carbocycles. The summed E-state index contributed by atoms with van der Waals surface area (Å²) in [5.74, 6) is 1.88. The van der Waals surface area contributed by atoms with Gasteiger partial charge in [-0.2, -0.15) is 0 Å². The first-order valence-electron chi connectivity index (χ1n) is 10.2. The highest BCUT2D eigenvalue weighted by Gasteiger charge is 2.27. The molecule has 1 aliphatic rings. The Morgan fingerprint density at radius 2 is 1.76 bits per heavy atom. The van der Waals surface area contributed by atoms with Gasteiger partial charge < -0.3 is 14.4 Å². The summed E-state index contributed by atoms with van der Waals surface area (Å²) in [7, 11) is 1.61. The lowest BCUT2D eigenvalue weighted by Gasteiger charge is -2.31. The number of hydrogen-bond donors (Lipinski definition) is 0. The van der Waals surface area contributed by atoms with Crippen LogP contribution in [0, 0.1) is 12.8 Å². The number of ketones is 1. The van der Waals surface area contributed by atoms with E-state index >= 15 is 0 Å². The summed E-state index contributed by atoms with van der Waals surface area (Å²) in [6.45, 7) is 3.84. The number of nitrogens with zero attached hydrogens (tertiary/aromatic N) is 1. The lowest BCUT2D eigenvalue weighted by molar-refractivity contribution is -0.132. The van der Waals surface area contributed by atoms with Gasteiger partial charge in [-0.05, 0) is 68.1 Å². The topological polar surface area (TPSA) is 55.8 Å². The van der Waals surface area contributed by atoms with E-state index in [2.05, 4.69) is 0 Å². The van der Waals surface area contributed by atoms with Crippen molar-refractivity contribution in [3.05, 3.63) is 59.7 Å². The molecule has 0 N–H and O–H groups in total. The number of carbonyl (C=O) groups is 2. The number of rotatable bonds is 8. The van der Waals surface area contributed by atoms with E-state index in [-0.39, 0.29) is 17.6 Å². The third kappa shape index (κ3) is 5.83. The Bertz CT molecular complexity index is 823. The number of piperidine rings is 1. The largest absolute Gasteiger partial charge is 0.497 e. The maximum Gasteiger partial charge on any atom is 0.222 e. The monoisotopic (exact) mass is 395 g/mol. The maximum absolute atomic E-state index is 12.7. The Hall–Kier alpha value is -2.82. The number of methoxy groups -OCH3 is 1. The van der Waals surface area contributed by atoms with Gasteiger partial charge in [0.1, 0.15) is 11.5 Å². The molecule has 1 amide bonds. The fourth-order valence-corrected chi connectivity index (χ4v) is 3.66. The number of Topliss-reactive ketones (excluding diaryl/α,β-unsaturated/α-hetero) is 1.